The highest BCUT2D eigenvalue weighted by molar-refractivity contribution is 7.95. The number of benzene rings is 2. The van der Waals surface area contributed by atoms with Crippen molar-refractivity contribution in [2.45, 2.75) is 11.8 Å². The van der Waals surface area contributed by atoms with Gasteiger partial charge in [0.25, 0.3) is 0 Å². The third-order valence-electron chi connectivity index (χ3n) is 3.42. The number of hydrogen-bond donors (Lipinski definition) is 0. The molecule has 0 atom stereocenters. The fourth-order valence-electron chi connectivity index (χ4n) is 2.35. The second-order valence-corrected chi connectivity index (χ2v) is 7.19. The number of nitrogens with zero attached hydrogens (tertiary/aromatic N) is 2. The van der Waals surface area contributed by atoms with Gasteiger partial charge in [-0.1, -0.05) is 29.8 Å². The molecule has 0 spiro atoms. The molecule has 6 heteroatoms. The molecule has 3 rings (SSSR count). The van der Waals surface area contributed by atoms with E-state index in [-0.39, 0.29) is 9.80 Å². The quantitative estimate of drug-likeness (QED) is 0.794. The van der Waals surface area contributed by atoms with Crippen LogP contribution >= 0.6 is 11.6 Å². The summed E-state index contributed by atoms with van der Waals surface area (Å²) in [6, 6.07) is 13.8. The van der Waals surface area contributed by atoms with Gasteiger partial charge in [0.15, 0.2) is 4.91 Å². The van der Waals surface area contributed by atoms with Gasteiger partial charge < -0.3 is 4.90 Å². The number of hydrogen-bond acceptors (Lipinski definition) is 4. The first-order valence-corrected chi connectivity index (χ1v) is 8.32. The number of anilines is 2. The average molecular weight is 331 g/mol. The standard InChI is InChI=1S/C16H11ClN2O2S/c1-11-6-7-14(13(17)8-11)19-10-12(9-18)22(20,21)16-5-3-2-4-15(16)19/h2-8,10H,1H3. The maximum absolute atomic E-state index is 12.4. The average Bonchev–Trinajstić information content (AvgIpc) is 2.49. The minimum atomic E-state index is -3.78. The topological polar surface area (TPSA) is 61.2 Å². The molecule has 0 aromatic heterocycles. The van der Waals surface area contributed by atoms with Gasteiger partial charge in [0.2, 0.25) is 9.84 Å². The number of sulfone groups is 1. The fraction of sp³-hybridized carbons (Fsp3) is 0.0625. The molecule has 0 N–H and O–H groups in total. The van der Waals surface area contributed by atoms with Crippen LogP contribution in [0.25, 0.3) is 0 Å². The summed E-state index contributed by atoms with van der Waals surface area (Å²) in [5.41, 5.74) is 2.10. The summed E-state index contributed by atoms with van der Waals surface area (Å²) in [5, 5.41) is 9.66. The molecule has 0 amide bonds. The number of rotatable bonds is 1. The molecular weight excluding hydrogens is 320 g/mol. The summed E-state index contributed by atoms with van der Waals surface area (Å²) in [7, 11) is -3.78. The van der Waals surface area contributed by atoms with Crippen molar-refractivity contribution < 1.29 is 8.42 Å². The van der Waals surface area contributed by atoms with E-state index >= 15 is 0 Å². The van der Waals surface area contributed by atoms with Gasteiger partial charge >= 0.3 is 0 Å². The second-order valence-electron chi connectivity index (χ2n) is 4.90. The smallest absolute Gasteiger partial charge is 0.220 e. The molecular formula is C16H11ClN2O2S. The lowest BCUT2D eigenvalue weighted by atomic mass is 10.2. The first-order chi connectivity index (χ1) is 10.4. The van der Waals surface area contributed by atoms with Gasteiger partial charge in [-0.3, -0.25) is 0 Å². The highest BCUT2D eigenvalue weighted by Gasteiger charge is 2.32. The molecule has 22 heavy (non-hydrogen) atoms. The van der Waals surface area contributed by atoms with Crippen LogP contribution in [0, 0.1) is 18.3 Å². The van der Waals surface area contributed by atoms with Gasteiger partial charge in [0.05, 0.1) is 21.3 Å². The van der Waals surface area contributed by atoms with E-state index in [1.54, 1.807) is 41.3 Å². The normalized spacial score (nSPS) is 15.7. The number of nitriles is 1. The third-order valence-corrected chi connectivity index (χ3v) is 5.43. The lowest BCUT2D eigenvalue weighted by Crippen LogP contribution is -2.21. The van der Waals surface area contributed by atoms with E-state index in [0.29, 0.717) is 16.4 Å². The van der Waals surface area contributed by atoms with Crippen molar-refractivity contribution in [2.75, 3.05) is 4.90 Å². The fourth-order valence-corrected chi connectivity index (χ4v) is 3.98. The summed E-state index contributed by atoms with van der Waals surface area (Å²) in [6.45, 7) is 1.92. The van der Waals surface area contributed by atoms with Crippen LogP contribution < -0.4 is 4.90 Å². The zero-order valence-electron chi connectivity index (χ0n) is 11.6. The Bertz CT molecular complexity index is 943. The van der Waals surface area contributed by atoms with Crippen molar-refractivity contribution in [1.29, 1.82) is 5.26 Å². The van der Waals surface area contributed by atoms with Crippen LogP contribution in [-0.2, 0) is 9.84 Å². The van der Waals surface area contributed by atoms with E-state index in [2.05, 4.69) is 0 Å². The van der Waals surface area contributed by atoms with Crippen molar-refractivity contribution in [2.24, 2.45) is 0 Å². The van der Waals surface area contributed by atoms with Gasteiger partial charge in [-0.15, -0.1) is 0 Å². The summed E-state index contributed by atoms with van der Waals surface area (Å²) in [5.74, 6) is 0. The molecule has 1 heterocycles. The first kappa shape index (κ1) is 14.6. The Morgan fingerprint density at radius 3 is 2.55 bits per heavy atom. The summed E-state index contributed by atoms with van der Waals surface area (Å²) in [4.78, 5) is 1.44. The van der Waals surface area contributed by atoms with Crippen LogP contribution in [0.1, 0.15) is 5.56 Å². The monoisotopic (exact) mass is 330 g/mol. The third kappa shape index (κ3) is 2.17. The predicted octanol–water partition coefficient (Wildman–Crippen LogP) is 3.94. The van der Waals surface area contributed by atoms with Gasteiger partial charge in [-0.2, -0.15) is 5.26 Å². The first-order valence-electron chi connectivity index (χ1n) is 6.46. The molecule has 0 aliphatic carbocycles. The van der Waals surface area contributed by atoms with Gasteiger partial charge in [0, 0.05) is 6.20 Å². The van der Waals surface area contributed by atoms with Crippen LogP contribution in [-0.4, -0.2) is 8.42 Å². The minimum absolute atomic E-state index is 0.102. The van der Waals surface area contributed by atoms with Crippen molar-refractivity contribution in [3.63, 3.8) is 0 Å². The number of halogens is 1. The lowest BCUT2D eigenvalue weighted by molar-refractivity contribution is 0.602. The van der Waals surface area contributed by atoms with Gasteiger partial charge in [0.1, 0.15) is 6.07 Å². The molecule has 0 bridgehead atoms. The lowest BCUT2D eigenvalue weighted by Gasteiger charge is -2.28. The molecule has 4 nitrogen and oxygen atoms in total. The number of allylic oxidation sites excluding steroid dienone is 1. The van der Waals surface area contributed by atoms with Crippen LogP contribution in [0.15, 0.2) is 58.5 Å². The SMILES string of the molecule is Cc1ccc(N2C=C(C#N)S(=O)(=O)c3ccccc32)c(Cl)c1. The number of aryl methyl sites for hydroxylation is 1. The van der Waals surface area contributed by atoms with Crippen LogP contribution in [0.5, 0.6) is 0 Å². The molecule has 110 valence electrons. The molecule has 0 saturated heterocycles. The van der Waals surface area contributed by atoms with Gasteiger partial charge in [-0.05, 0) is 36.8 Å². The Hall–Kier alpha value is -2.29. The van der Waals surface area contributed by atoms with Crippen molar-refractivity contribution in [3.8, 4) is 6.07 Å². The zero-order chi connectivity index (χ0) is 15.9. The molecule has 0 unspecified atom stereocenters. The van der Waals surface area contributed by atoms with Crippen LogP contribution in [0.4, 0.5) is 11.4 Å². The molecule has 2 aromatic carbocycles. The van der Waals surface area contributed by atoms with E-state index in [1.165, 1.54) is 12.3 Å². The Kier molecular flexibility index (Phi) is 3.44. The minimum Gasteiger partial charge on any atom is -0.312 e. The van der Waals surface area contributed by atoms with E-state index in [9.17, 15) is 13.7 Å². The second kappa shape index (κ2) is 5.16. The summed E-state index contributed by atoms with van der Waals surface area (Å²) in [6.07, 6.45) is 1.31. The largest absolute Gasteiger partial charge is 0.312 e. The van der Waals surface area contributed by atoms with Gasteiger partial charge in [-0.25, -0.2) is 8.42 Å². The van der Waals surface area contributed by atoms with E-state index in [4.69, 9.17) is 11.6 Å². The molecule has 0 saturated carbocycles. The van der Waals surface area contributed by atoms with Crippen molar-refractivity contribution >= 4 is 32.8 Å². The highest BCUT2D eigenvalue weighted by Crippen LogP contribution is 2.41. The molecule has 2 aromatic rings. The molecule has 0 radical (unpaired) electrons. The van der Waals surface area contributed by atoms with Crippen molar-refractivity contribution in [1.82, 2.24) is 0 Å². The Morgan fingerprint density at radius 2 is 1.86 bits per heavy atom. The maximum Gasteiger partial charge on any atom is 0.220 e. The Morgan fingerprint density at radius 1 is 1.14 bits per heavy atom. The van der Waals surface area contributed by atoms with Crippen LogP contribution in [0.2, 0.25) is 5.02 Å². The molecule has 1 aliphatic rings. The highest BCUT2D eigenvalue weighted by atomic mass is 35.5. The maximum atomic E-state index is 12.4. The number of fused-ring (bicyclic) bond motifs is 1. The van der Waals surface area contributed by atoms with E-state index in [1.807, 2.05) is 13.0 Å². The molecule has 1 aliphatic heterocycles. The van der Waals surface area contributed by atoms with Crippen molar-refractivity contribution in [3.05, 3.63) is 64.2 Å². The van der Waals surface area contributed by atoms with E-state index < -0.39 is 9.84 Å². The predicted molar refractivity (Wildman–Crippen MR) is 85.7 cm³/mol. The Balaban J connectivity index is 2.31. The zero-order valence-corrected chi connectivity index (χ0v) is 13.2. The summed E-state index contributed by atoms with van der Waals surface area (Å²) < 4.78 is 24.8. The Labute approximate surface area is 133 Å². The molecule has 0 fully saturated rings. The van der Waals surface area contributed by atoms with Crippen LogP contribution in [0.3, 0.4) is 0 Å². The number of para-hydroxylation sites is 1. The van der Waals surface area contributed by atoms with E-state index in [0.717, 1.165) is 5.56 Å². The summed E-state index contributed by atoms with van der Waals surface area (Å²) >= 11 is 6.29.